The molecule has 0 fully saturated rings. The minimum atomic E-state index is -0.0384. The van der Waals surface area contributed by atoms with Crippen LogP contribution in [0.5, 0.6) is 0 Å². The fourth-order valence-electron chi connectivity index (χ4n) is 3.83. The van der Waals surface area contributed by atoms with Crippen LogP contribution < -0.4 is 0 Å². The van der Waals surface area contributed by atoms with E-state index in [9.17, 15) is 4.79 Å². The summed E-state index contributed by atoms with van der Waals surface area (Å²) >= 11 is 1.78. The van der Waals surface area contributed by atoms with Crippen LogP contribution >= 0.6 is 11.3 Å². The molecule has 1 aliphatic heterocycles. The van der Waals surface area contributed by atoms with Gasteiger partial charge in [-0.25, -0.2) is 4.68 Å². The number of amides is 1. The van der Waals surface area contributed by atoms with Gasteiger partial charge in [0.05, 0.1) is 11.6 Å². The fourth-order valence-corrected chi connectivity index (χ4v) is 4.74. The average Bonchev–Trinajstić information content (AvgIpc) is 3.35. The molecular formula is C21H18N4OS. The molecule has 0 saturated carbocycles. The Kier molecular flexibility index (Phi) is 3.98. The smallest absolute Gasteiger partial charge is 0.245 e. The summed E-state index contributed by atoms with van der Waals surface area (Å²) in [5.74, 6) is 0.0661. The topological polar surface area (TPSA) is 51.0 Å². The van der Waals surface area contributed by atoms with Crippen molar-refractivity contribution in [1.82, 2.24) is 19.9 Å². The standard InChI is InChI=1S/C21H18N4OS/c26-20(14-25-18-9-5-4-8-17(18)22-23-25)24-12-10-19-16(11-13-27-19)21(24)15-6-2-1-3-7-15/h1-9,11,13,21H,10,12,14H2/t21-/m0/s1. The van der Waals surface area contributed by atoms with Gasteiger partial charge in [0, 0.05) is 11.4 Å². The molecule has 134 valence electrons. The Labute approximate surface area is 160 Å². The molecule has 6 heteroatoms. The molecule has 5 nitrogen and oxygen atoms in total. The Bertz CT molecular complexity index is 1100. The van der Waals surface area contributed by atoms with Gasteiger partial charge in [-0.1, -0.05) is 47.7 Å². The van der Waals surface area contributed by atoms with Gasteiger partial charge in [-0.15, -0.1) is 16.4 Å². The van der Waals surface area contributed by atoms with Crippen molar-refractivity contribution in [2.24, 2.45) is 0 Å². The maximum Gasteiger partial charge on any atom is 0.245 e. The summed E-state index contributed by atoms with van der Waals surface area (Å²) in [6.07, 6.45) is 0.903. The number of nitrogens with zero attached hydrogens (tertiary/aromatic N) is 4. The predicted molar refractivity (Wildman–Crippen MR) is 106 cm³/mol. The van der Waals surface area contributed by atoms with Crippen molar-refractivity contribution in [3.63, 3.8) is 0 Å². The van der Waals surface area contributed by atoms with E-state index in [1.807, 2.05) is 47.4 Å². The van der Waals surface area contributed by atoms with Crippen LogP contribution in [-0.4, -0.2) is 32.3 Å². The minimum absolute atomic E-state index is 0.0384. The number of rotatable bonds is 3. The first-order valence-corrected chi connectivity index (χ1v) is 9.88. The first-order valence-electron chi connectivity index (χ1n) is 9.00. The van der Waals surface area contributed by atoms with Gasteiger partial charge in [-0.2, -0.15) is 0 Å². The molecule has 0 N–H and O–H groups in total. The number of carbonyl (C=O) groups excluding carboxylic acids is 1. The highest BCUT2D eigenvalue weighted by molar-refractivity contribution is 7.10. The summed E-state index contributed by atoms with van der Waals surface area (Å²) in [5, 5.41) is 10.5. The molecule has 2 aromatic heterocycles. The van der Waals surface area contributed by atoms with Crippen molar-refractivity contribution in [3.8, 4) is 0 Å². The van der Waals surface area contributed by atoms with Crippen molar-refractivity contribution in [3.05, 3.63) is 82.0 Å². The first-order chi connectivity index (χ1) is 13.3. The second kappa shape index (κ2) is 6.63. The van der Waals surface area contributed by atoms with Crippen molar-refractivity contribution in [2.75, 3.05) is 6.54 Å². The van der Waals surface area contributed by atoms with Crippen LogP contribution in [0.4, 0.5) is 0 Å². The summed E-state index contributed by atoms with van der Waals surface area (Å²) < 4.78 is 1.70. The summed E-state index contributed by atoms with van der Waals surface area (Å²) in [4.78, 5) is 16.6. The van der Waals surface area contributed by atoms with Gasteiger partial charge in [0.2, 0.25) is 5.91 Å². The highest BCUT2D eigenvalue weighted by atomic mass is 32.1. The average molecular weight is 374 g/mol. The quantitative estimate of drug-likeness (QED) is 0.550. The van der Waals surface area contributed by atoms with Crippen LogP contribution in [0.15, 0.2) is 66.0 Å². The molecule has 4 aromatic rings. The van der Waals surface area contributed by atoms with Gasteiger partial charge in [0.25, 0.3) is 0 Å². The highest BCUT2D eigenvalue weighted by Gasteiger charge is 2.32. The van der Waals surface area contributed by atoms with E-state index in [-0.39, 0.29) is 18.5 Å². The van der Waals surface area contributed by atoms with Gasteiger partial charge in [0.15, 0.2) is 0 Å². The van der Waals surface area contributed by atoms with Crippen LogP contribution in [0.2, 0.25) is 0 Å². The number of para-hydroxylation sites is 1. The Morgan fingerprint density at radius 1 is 1.07 bits per heavy atom. The van der Waals surface area contributed by atoms with Gasteiger partial charge in [-0.05, 0) is 41.1 Å². The molecule has 0 bridgehead atoms. The maximum atomic E-state index is 13.3. The summed E-state index contributed by atoms with van der Waals surface area (Å²) in [6, 6.07) is 20.1. The van der Waals surface area contributed by atoms with E-state index in [0.29, 0.717) is 0 Å². The Morgan fingerprint density at radius 2 is 1.89 bits per heavy atom. The van der Waals surface area contributed by atoms with Crippen molar-refractivity contribution in [1.29, 1.82) is 0 Å². The van der Waals surface area contributed by atoms with Gasteiger partial charge in [-0.3, -0.25) is 4.79 Å². The lowest BCUT2D eigenvalue weighted by Crippen LogP contribution is -2.41. The van der Waals surface area contributed by atoms with Crippen LogP contribution in [-0.2, 0) is 17.8 Å². The number of aromatic nitrogens is 3. The molecule has 2 aromatic carbocycles. The number of hydrogen-bond acceptors (Lipinski definition) is 4. The monoisotopic (exact) mass is 374 g/mol. The molecule has 3 heterocycles. The molecule has 0 saturated heterocycles. The second-order valence-electron chi connectivity index (χ2n) is 6.69. The number of benzene rings is 2. The van der Waals surface area contributed by atoms with Gasteiger partial charge >= 0.3 is 0 Å². The Morgan fingerprint density at radius 3 is 2.78 bits per heavy atom. The largest absolute Gasteiger partial charge is 0.330 e. The van der Waals surface area contributed by atoms with E-state index in [1.165, 1.54) is 10.4 Å². The van der Waals surface area contributed by atoms with E-state index >= 15 is 0 Å². The normalized spacial score (nSPS) is 16.4. The summed E-state index contributed by atoms with van der Waals surface area (Å²) in [7, 11) is 0. The van der Waals surface area contributed by atoms with E-state index in [1.54, 1.807) is 16.0 Å². The van der Waals surface area contributed by atoms with Crippen molar-refractivity contribution >= 4 is 28.3 Å². The third-order valence-corrected chi connectivity index (χ3v) is 6.10. The third-order valence-electron chi connectivity index (χ3n) is 5.11. The summed E-state index contributed by atoms with van der Waals surface area (Å²) in [6.45, 7) is 0.919. The molecule has 0 spiro atoms. The van der Waals surface area contributed by atoms with Crippen LogP contribution in [0.1, 0.15) is 22.0 Å². The zero-order valence-electron chi connectivity index (χ0n) is 14.7. The fraction of sp³-hybridized carbons (Fsp3) is 0.190. The maximum absolute atomic E-state index is 13.3. The van der Waals surface area contributed by atoms with E-state index < -0.39 is 0 Å². The second-order valence-corrected chi connectivity index (χ2v) is 7.69. The molecule has 1 atom stereocenters. The van der Waals surface area contributed by atoms with Gasteiger partial charge in [0.1, 0.15) is 12.1 Å². The molecule has 1 amide bonds. The predicted octanol–water partition coefficient (Wildman–Crippen LogP) is 3.67. The number of carbonyl (C=O) groups is 1. The zero-order valence-corrected chi connectivity index (χ0v) is 15.5. The van der Waals surface area contributed by atoms with Crippen LogP contribution in [0.25, 0.3) is 11.0 Å². The van der Waals surface area contributed by atoms with Crippen molar-refractivity contribution in [2.45, 2.75) is 19.0 Å². The summed E-state index contributed by atoms with van der Waals surface area (Å²) in [5.41, 5.74) is 4.09. The molecule has 1 aliphatic rings. The molecule has 5 rings (SSSR count). The lowest BCUT2D eigenvalue weighted by atomic mass is 9.93. The molecule has 0 unspecified atom stereocenters. The SMILES string of the molecule is O=C(Cn1nnc2ccccc21)N1CCc2sccc2[C@@H]1c1ccccc1. The molecule has 0 radical (unpaired) electrons. The first kappa shape index (κ1) is 16.2. The zero-order chi connectivity index (χ0) is 18.2. The number of hydrogen-bond donors (Lipinski definition) is 0. The number of fused-ring (bicyclic) bond motifs is 2. The van der Waals surface area contributed by atoms with Crippen LogP contribution in [0, 0.1) is 0 Å². The Hall–Kier alpha value is -2.99. The Balaban J connectivity index is 1.50. The van der Waals surface area contributed by atoms with Crippen molar-refractivity contribution < 1.29 is 4.79 Å². The molecular weight excluding hydrogens is 356 g/mol. The van der Waals surface area contributed by atoms with E-state index in [4.69, 9.17) is 0 Å². The minimum Gasteiger partial charge on any atom is -0.330 e. The molecule has 0 aliphatic carbocycles. The third kappa shape index (κ3) is 2.82. The van der Waals surface area contributed by atoms with Gasteiger partial charge < -0.3 is 4.90 Å². The van der Waals surface area contributed by atoms with E-state index in [2.05, 4.69) is 33.9 Å². The highest BCUT2D eigenvalue weighted by Crippen LogP contribution is 2.37. The molecule has 27 heavy (non-hydrogen) atoms. The number of thiophene rings is 1. The lowest BCUT2D eigenvalue weighted by Gasteiger charge is -2.36. The van der Waals surface area contributed by atoms with Crippen LogP contribution in [0.3, 0.4) is 0 Å². The van der Waals surface area contributed by atoms with E-state index in [0.717, 1.165) is 29.6 Å². The lowest BCUT2D eigenvalue weighted by molar-refractivity contribution is -0.134.